The van der Waals surface area contributed by atoms with Crippen molar-refractivity contribution in [2.24, 2.45) is 0 Å². The molecular formula is C21H28N2O3. The van der Waals surface area contributed by atoms with E-state index in [9.17, 15) is 4.79 Å². The van der Waals surface area contributed by atoms with Crippen molar-refractivity contribution in [1.29, 1.82) is 0 Å². The number of anilines is 1. The van der Waals surface area contributed by atoms with Gasteiger partial charge in [-0.15, -0.1) is 0 Å². The Morgan fingerprint density at radius 3 is 2.54 bits per heavy atom. The van der Waals surface area contributed by atoms with Gasteiger partial charge < -0.3 is 20.1 Å². The fourth-order valence-corrected chi connectivity index (χ4v) is 2.74. The lowest BCUT2D eigenvalue weighted by Gasteiger charge is -2.15. The van der Waals surface area contributed by atoms with Gasteiger partial charge in [-0.2, -0.15) is 0 Å². The number of rotatable bonds is 10. The molecule has 2 N–H and O–H groups in total. The molecule has 2 aromatic carbocycles. The van der Waals surface area contributed by atoms with Crippen LogP contribution in [0.15, 0.2) is 48.5 Å². The minimum Gasteiger partial charge on any atom is -0.497 e. The molecule has 0 radical (unpaired) electrons. The van der Waals surface area contributed by atoms with E-state index in [0.29, 0.717) is 23.6 Å². The normalized spacial score (nSPS) is 11.7. The molecule has 0 aliphatic heterocycles. The fraction of sp³-hybridized carbons (Fsp3) is 0.381. The zero-order valence-corrected chi connectivity index (χ0v) is 15.7. The third-order valence-corrected chi connectivity index (χ3v) is 4.15. The summed E-state index contributed by atoms with van der Waals surface area (Å²) in [6.07, 6.45) is 2.48. The van der Waals surface area contributed by atoms with Crippen LogP contribution in [0.4, 0.5) is 5.69 Å². The average Bonchev–Trinajstić information content (AvgIpc) is 2.66. The summed E-state index contributed by atoms with van der Waals surface area (Å²) in [6.45, 7) is 2.91. The molecule has 0 bridgehead atoms. The number of hydrogen-bond acceptors (Lipinski definition) is 4. The number of amides is 1. The molecule has 0 saturated heterocycles. The highest BCUT2D eigenvalue weighted by Crippen LogP contribution is 2.29. The summed E-state index contributed by atoms with van der Waals surface area (Å²) in [5.74, 6) is 1.23. The zero-order valence-electron chi connectivity index (χ0n) is 15.7. The smallest absolute Gasteiger partial charge is 0.226 e. The molecule has 1 amide bonds. The van der Waals surface area contributed by atoms with E-state index < -0.39 is 0 Å². The molecule has 140 valence electrons. The molecule has 5 nitrogen and oxygen atoms in total. The van der Waals surface area contributed by atoms with Gasteiger partial charge in [-0.1, -0.05) is 30.3 Å². The Morgan fingerprint density at radius 1 is 1.08 bits per heavy atom. The second-order valence-corrected chi connectivity index (χ2v) is 6.26. The molecule has 0 heterocycles. The molecule has 5 heteroatoms. The van der Waals surface area contributed by atoms with Crippen molar-refractivity contribution in [2.75, 3.05) is 26.1 Å². The highest BCUT2D eigenvalue weighted by Gasteiger charge is 2.12. The predicted molar refractivity (Wildman–Crippen MR) is 105 cm³/mol. The number of methoxy groups -OCH3 is 2. The second kappa shape index (κ2) is 10.5. The van der Waals surface area contributed by atoms with Gasteiger partial charge in [0.1, 0.15) is 11.5 Å². The summed E-state index contributed by atoms with van der Waals surface area (Å²) in [6, 6.07) is 15.9. The van der Waals surface area contributed by atoms with Crippen LogP contribution < -0.4 is 20.1 Å². The summed E-state index contributed by atoms with van der Waals surface area (Å²) < 4.78 is 10.5. The van der Waals surface area contributed by atoms with Gasteiger partial charge >= 0.3 is 0 Å². The van der Waals surface area contributed by atoms with E-state index in [1.165, 1.54) is 5.56 Å². The van der Waals surface area contributed by atoms with Gasteiger partial charge in [0, 0.05) is 18.5 Å². The first-order valence-electron chi connectivity index (χ1n) is 8.91. The first-order valence-corrected chi connectivity index (χ1v) is 8.91. The highest BCUT2D eigenvalue weighted by atomic mass is 16.5. The molecule has 0 spiro atoms. The Hall–Kier alpha value is -2.53. The van der Waals surface area contributed by atoms with Gasteiger partial charge in [0.15, 0.2) is 0 Å². The second-order valence-electron chi connectivity index (χ2n) is 6.26. The lowest BCUT2D eigenvalue weighted by Crippen LogP contribution is -2.31. The fourth-order valence-electron chi connectivity index (χ4n) is 2.74. The molecule has 0 aliphatic carbocycles. The standard InChI is InChI=1S/C21H28N2O3/c1-16(22-13-7-10-17-8-5-4-6-9-17)14-21(24)23-19-12-11-18(25-2)15-20(19)26-3/h4-6,8-9,11-12,15-16,22H,7,10,13-14H2,1-3H3,(H,23,24). The van der Waals surface area contributed by atoms with E-state index in [1.807, 2.05) is 13.0 Å². The van der Waals surface area contributed by atoms with Crippen molar-refractivity contribution < 1.29 is 14.3 Å². The average molecular weight is 356 g/mol. The molecule has 2 aromatic rings. The van der Waals surface area contributed by atoms with Gasteiger partial charge in [0.05, 0.1) is 19.9 Å². The molecule has 1 atom stereocenters. The number of benzene rings is 2. The van der Waals surface area contributed by atoms with Gasteiger partial charge in [-0.05, 0) is 44.0 Å². The van der Waals surface area contributed by atoms with Crippen LogP contribution in [-0.2, 0) is 11.2 Å². The predicted octanol–water partition coefficient (Wildman–Crippen LogP) is 3.64. The molecule has 0 aromatic heterocycles. The lowest BCUT2D eigenvalue weighted by atomic mass is 10.1. The molecule has 0 saturated carbocycles. The number of aryl methyl sites for hydroxylation is 1. The van der Waals surface area contributed by atoms with E-state index in [2.05, 4.69) is 34.9 Å². The van der Waals surface area contributed by atoms with Crippen LogP contribution in [0.2, 0.25) is 0 Å². The maximum atomic E-state index is 12.3. The maximum Gasteiger partial charge on any atom is 0.226 e. The van der Waals surface area contributed by atoms with Gasteiger partial charge in [0.2, 0.25) is 5.91 Å². The first kappa shape index (κ1) is 19.8. The summed E-state index contributed by atoms with van der Waals surface area (Å²) in [5, 5.41) is 6.30. The summed E-state index contributed by atoms with van der Waals surface area (Å²) in [4.78, 5) is 12.3. The van der Waals surface area contributed by atoms with Crippen molar-refractivity contribution in [2.45, 2.75) is 32.2 Å². The van der Waals surface area contributed by atoms with Crippen LogP contribution in [0.1, 0.15) is 25.3 Å². The van der Waals surface area contributed by atoms with Crippen LogP contribution in [0.3, 0.4) is 0 Å². The number of ether oxygens (including phenoxy) is 2. The lowest BCUT2D eigenvalue weighted by molar-refractivity contribution is -0.116. The number of carbonyl (C=O) groups excluding carboxylic acids is 1. The van der Waals surface area contributed by atoms with E-state index >= 15 is 0 Å². The van der Waals surface area contributed by atoms with Crippen molar-refractivity contribution in [3.63, 3.8) is 0 Å². The Bertz CT molecular complexity index is 689. The van der Waals surface area contributed by atoms with Crippen LogP contribution in [0.5, 0.6) is 11.5 Å². The van der Waals surface area contributed by atoms with E-state index in [-0.39, 0.29) is 11.9 Å². The van der Waals surface area contributed by atoms with Gasteiger partial charge in [-0.25, -0.2) is 0 Å². The third kappa shape index (κ3) is 6.41. The highest BCUT2D eigenvalue weighted by molar-refractivity contribution is 5.92. The molecule has 26 heavy (non-hydrogen) atoms. The SMILES string of the molecule is COc1ccc(NC(=O)CC(C)NCCCc2ccccc2)c(OC)c1. The molecule has 2 rings (SSSR count). The summed E-state index contributed by atoms with van der Waals surface area (Å²) >= 11 is 0. The van der Waals surface area contributed by atoms with E-state index in [0.717, 1.165) is 19.4 Å². The van der Waals surface area contributed by atoms with E-state index in [4.69, 9.17) is 9.47 Å². The largest absolute Gasteiger partial charge is 0.497 e. The van der Waals surface area contributed by atoms with Crippen LogP contribution >= 0.6 is 0 Å². The van der Waals surface area contributed by atoms with Gasteiger partial charge in [-0.3, -0.25) is 4.79 Å². The van der Waals surface area contributed by atoms with E-state index in [1.54, 1.807) is 32.4 Å². The Labute approximate surface area is 155 Å². The monoisotopic (exact) mass is 356 g/mol. The quantitative estimate of drug-likeness (QED) is 0.638. The third-order valence-electron chi connectivity index (χ3n) is 4.15. The minimum absolute atomic E-state index is 0.0449. The number of nitrogens with one attached hydrogen (secondary N) is 2. The minimum atomic E-state index is -0.0449. The van der Waals surface area contributed by atoms with Crippen LogP contribution in [-0.4, -0.2) is 32.7 Å². The topological polar surface area (TPSA) is 59.6 Å². The van der Waals surface area contributed by atoms with Crippen LogP contribution in [0, 0.1) is 0 Å². The number of carbonyl (C=O) groups is 1. The molecule has 0 fully saturated rings. The summed E-state index contributed by atoms with van der Waals surface area (Å²) in [7, 11) is 3.17. The van der Waals surface area contributed by atoms with Gasteiger partial charge in [0.25, 0.3) is 0 Å². The summed E-state index contributed by atoms with van der Waals surface area (Å²) in [5.41, 5.74) is 1.99. The molecule has 1 unspecified atom stereocenters. The number of hydrogen-bond donors (Lipinski definition) is 2. The first-order chi connectivity index (χ1) is 12.6. The van der Waals surface area contributed by atoms with Crippen molar-refractivity contribution >= 4 is 11.6 Å². The van der Waals surface area contributed by atoms with Crippen LogP contribution in [0.25, 0.3) is 0 Å². The molecular weight excluding hydrogens is 328 g/mol. The Kier molecular flexibility index (Phi) is 7.96. The Balaban J connectivity index is 1.73. The van der Waals surface area contributed by atoms with Crippen molar-refractivity contribution in [3.8, 4) is 11.5 Å². The molecule has 0 aliphatic rings. The van der Waals surface area contributed by atoms with Crippen molar-refractivity contribution in [1.82, 2.24) is 5.32 Å². The maximum absolute atomic E-state index is 12.3. The Morgan fingerprint density at radius 2 is 1.85 bits per heavy atom. The van der Waals surface area contributed by atoms with Crippen molar-refractivity contribution in [3.05, 3.63) is 54.1 Å². The zero-order chi connectivity index (χ0) is 18.8.